The van der Waals surface area contributed by atoms with E-state index in [4.69, 9.17) is 14.2 Å². The molecule has 9 unspecified atom stereocenters. The molecule has 7 fully saturated rings. The third-order valence-electron chi connectivity index (χ3n) is 18.5. The van der Waals surface area contributed by atoms with Crippen molar-refractivity contribution in [3.63, 3.8) is 0 Å². The van der Waals surface area contributed by atoms with Crippen LogP contribution in [0.5, 0.6) is 0 Å². The summed E-state index contributed by atoms with van der Waals surface area (Å²) in [6, 6.07) is 0.830. The van der Waals surface area contributed by atoms with Crippen LogP contribution in [-0.2, 0) is 19.0 Å². The Morgan fingerprint density at radius 3 is 1.77 bits per heavy atom. The summed E-state index contributed by atoms with van der Waals surface area (Å²) in [6.07, 6.45) is 48.1. The molecule has 2 aliphatic heterocycles. The number of unbranched alkanes of at least 4 members (excludes halogenated alkanes) is 15. The van der Waals surface area contributed by atoms with E-state index in [-0.39, 0.29) is 41.7 Å². The zero-order valence-corrected chi connectivity index (χ0v) is 42.0. The fourth-order valence-corrected chi connectivity index (χ4v) is 15.0. The quantitative estimate of drug-likeness (QED) is 0.0650. The molecule has 2 saturated heterocycles. The molecule has 2 heterocycles. The van der Waals surface area contributed by atoms with E-state index in [1.165, 1.54) is 167 Å². The summed E-state index contributed by atoms with van der Waals surface area (Å²) in [7, 11) is 0. The largest absolute Gasteiger partial charge is 0.458 e. The Bertz CT molecular complexity index is 1380. The van der Waals surface area contributed by atoms with E-state index in [0.29, 0.717) is 43.0 Å². The standard InChI is InChI=1S/C57H99N3O5/c1-3-5-6-7-8-9-10-11-12-13-14-15-16-17-18-27-38-58-56(62)63-40-39-60(44-46-30-23-20-24-31-46)48-35-37-52-54(42-48)64-53-41-47(59(4-2)43-45-28-21-19-22-29-45)34-36-51(53)57(52)50-33-26-25-32-49(50)55(61)65-57/h4,45-54H,2-3,5-44H2,1H3,(H,58,62). The minimum absolute atomic E-state index is 0.0738. The van der Waals surface area contributed by atoms with Gasteiger partial charge in [0.2, 0.25) is 0 Å². The number of carbonyl (C=O) groups is 2. The number of rotatable bonds is 27. The summed E-state index contributed by atoms with van der Waals surface area (Å²) in [5, 5.41) is 3.07. The lowest BCUT2D eigenvalue weighted by atomic mass is 9.54. The number of alkyl carbamates (subject to hydrolysis) is 1. The fourth-order valence-electron chi connectivity index (χ4n) is 15.0. The highest BCUT2D eigenvalue weighted by Gasteiger charge is 2.69. The average molecular weight is 906 g/mol. The number of amides is 1. The van der Waals surface area contributed by atoms with Gasteiger partial charge in [-0.3, -0.25) is 9.69 Å². The van der Waals surface area contributed by atoms with Crippen LogP contribution >= 0.6 is 0 Å². The molecule has 7 rings (SSSR count). The first-order valence-electron chi connectivity index (χ1n) is 28.9. The molecule has 8 heteroatoms. The Morgan fingerprint density at radius 1 is 0.646 bits per heavy atom. The molecule has 372 valence electrons. The lowest BCUT2D eigenvalue weighted by Crippen LogP contribution is -2.67. The molecule has 0 radical (unpaired) electrons. The van der Waals surface area contributed by atoms with Crippen LogP contribution in [0.25, 0.3) is 0 Å². The van der Waals surface area contributed by atoms with Gasteiger partial charge in [0.05, 0.1) is 18.1 Å². The topological polar surface area (TPSA) is 80.3 Å². The van der Waals surface area contributed by atoms with E-state index in [9.17, 15) is 9.59 Å². The molecule has 1 N–H and O–H groups in total. The maximum atomic E-state index is 13.9. The number of fused-ring (bicyclic) bond motifs is 6. The van der Waals surface area contributed by atoms with Crippen molar-refractivity contribution >= 4 is 12.1 Å². The maximum absolute atomic E-state index is 13.9. The first-order chi connectivity index (χ1) is 32.0. The van der Waals surface area contributed by atoms with Gasteiger partial charge in [-0.15, -0.1) is 0 Å². The molecular weight excluding hydrogens is 807 g/mol. The SMILES string of the molecule is C=CN(CC1CCCCC1)C1CCC2C(C1)OC1CC(N(CCOC(=O)NCCCCCCCCCCCCCCCCCC)CC3CCCCC3)CCC1C21OC(=O)C2CCCCC21. The monoisotopic (exact) mass is 906 g/mol. The molecule has 1 amide bonds. The first-order valence-corrected chi connectivity index (χ1v) is 28.9. The zero-order valence-electron chi connectivity index (χ0n) is 42.0. The molecule has 1 spiro atoms. The van der Waals surface area contributed by atoms with Gasteiger partial charge in [-0.1, -0.05) is 161 Å². The Labute approximate surface area is 398 Å². The van der Waals surface area contributed by atoms with E-state index in [2.05, 4.69) is 34.8 Å². The molecule has 0 aromatic carbocycles. The second-order valence-electron chi connectivity index (χ2n) is 22.9. The molecule has 7 aliphatic rings. The highest BCUT2D eigenvalue weighted by Crippen LogP contribution is 2.62. The van der Waals surface area contributed by atoms with Crippen LogP contribution in [0.1, 0.15) is 238 Å². The highest BCUT2D eigenvalue weighted by molar-refractivity contribution is 5.76. The minimum atomic E-state index is -0.379. The summed E-state index contributed by atoms with van der Waals surface area (Å²) in [5.41, 5.74) is -0.379. The van der Waals surface area contributed by atoms with E-state index in [0.717, 1.165) is 89.8 Å². The fraction of sp³-hybridized carbons (Fsp3) is 0.930. The molecule has 9 atom stereocenters. The zero-order chi connectivity index (χ0) is 45.1. The van der Waals surface area contributed by atoms with Crippen molar-refractivity contribution < 1.29 is 23.8 Å². The molecule has 5 saturated carbocycles. The number of nitrogens with zero attached hydrogens (tertiary/aromatic N) is 2. The Kier molecular flexibility index (Phi) is 21.5. The van der Waals surface area contributed by atoms with Gasteiger partial charge in [0, 0.05) is 56.0 Å². The van der Waals surface area contributed by atoms with Crippen molar-refractivity contribution in [1.82, 2.24) is 15.1 Å². The van der Waals surface area contributed by atoms with Crippen LogP contribution in [0.2, 0.25) is 0 Å². The number of hydrogen-bond acceptors (Lipinski definition) is 7. The molecule has 0 bridgehead atoms. The van der Waals surface area contributed by atoms with E-state index in [1.54, 1.807) is 0 Å². The van der Waals surface area contributed by atoms with E-state index >= 15 is 0 Å². The maximum Gasteiger partial charge on any atom is 0.407 e. The van der Waals surface area contributed by atoms with Crippen LogP contribution in [0.3, 0.4) is 0 Å². The second kappa shape index (κ2) is 27.4. The Hall–Kier alpha value is -1.80. The number of esters is 1. The summed E-state index contributed by atoms with van der Waals surface area (Å²) >= 11 is 0. The number of hydrogen-bond donors (Lipinski definition) is 1. The van der Waals surface area contributed by atoms with Gasteiger partial charge < -0.3 is 24.4 Å². The van der Waals surface area contributed by atoms with Gasteiger partial charge in [-0.2, -0.15) is 0 Å². The Morgan fingerprint density at radius 2 is 1.17 bits per heavy atom. The van der Waals surface area contributed by atoms with Gasteiger partial charge >= 0.3 is 12.1 Å². The van der Waals surface area contributed by atoms with Gasteiger partial charge in [-0.05, 0) is 102 Å². The summed E-state index contributed by atoms with van der Waals surface area (Å²) in [6.45, 7) is 10.8. The minimum Gasteiger partial charge on any atom is -0.458 e. The van der Waals surface area contributed by atoms with Crippen molar-refractivity contribution in [2.24, 2.45) is 35.5 Å². The van der Waals surface area contributed by atoms with E-state index in [1.807, 2.05) is 0 Å². The van der Waals surface area contributed by atoms with E-state index < -0.39 is 0 Å². The number of carbonyl (C=O) groups excluding carboxylic acids is 2. The van der Waals surface area contributed by atoms with Gasteiger partial charge in [0.15, 0.2) is 0 Å². The molecule has 0 aromatic heterocycles. The second-order valence-corrected chi connectivity index (χ2v) is 22.9. The van der Waals surface area contributed by atoms with Crippen molar-refractivity contribution in [3.8, 4) is 0 Å². The van der Waals surface area contributed by atoms with Crippen LogP contribution in [-0.4, -0.2) is 84.5 Å². The molecule has 65 heavy (non-hydrogen) atoms. The number of ether oxygens (including phenoxy) is 3. The Balaban J connectivity index is 0.878. The van der Waals surface area contributed by atoms with Gasteiger partial charge in [-0.25, -0.2) is 4.79 Å². The third kappa shape index (κ3) is 14.4. The summed E-state index contributed by atoms with van der Waals surface area (Å²) in [5.74, 6) is 2.56. The highest BCUT2D eigenvalue weighted by atomic mass is 16.6. The summed E-state index contributed by atoms with van der Waals surface area (Å²) in [4.78, 5) is 32.1. The first kappa shape index (κ1) is 51.1. The van der Waals surface area contributed by atoms with Gasteiger partial charge in [0.25, 0.3) is 0 Å². The van der Waals surface area contributed by atoms with Crippen molar-refractivity contribution in [2.75, 3.05) is 32.8 Å². The van der Waals surface area contributed by atoms with Crippen LogP contribution < -0.4 is 5.32 Å². The lowest BCUT2D eigenvalue weighted by molar-refractivity contribution is -0.264. The molecule has 0 aromatic rings. The lowest BCUT2D eigenvalue weighted by Gasteiger charge is -2.60. The number of nitrogens with one attached hydrogen (secondary N) is 1. The van der Waals surface area contributed by atoms with Crippen LogP contribution in [0.15, 0.2) is 12.8 Å². The van der Waals surface area contributed by atoms with Crippen LogP contribution in [0.4, 0.5) is 4.79 Å². The third-order valence-corrected chi connectivity index (χ3v) is 18.5. The predicted octanol–water partition coefficient (Wildman–Crippen LogP) is 14.1. The van der Waals surface area contributed by atoms with Crippen molar-refractivity contribution in [2.45, 2.75) is 268 Å². The smallest absolute Gasteiger partial charge is 0.407 e. The van der Waals surface area contributed by atoms with Gasteiger partial charge in [0.1, 0.15) is 12.2 Å². The normalized spacial score (nSPS) is 31.8. The predicted molar refractivity (Wildman–Crippen MR) is 266 cm³/mol. The molecular formula is C57H99N3O5. The average Bonchev–Trinajstić information content (AvgIpc) is 3.63. The van der Waals surface area contributed by atoms with Crippen molar-refractivity contribution in [1.29, 1.82) is 0 Å². The van der Waals surface area contributed by atoms with Crippen LogP contribution in [0, 0.1) is 35.5 Å². The molecule has 5 aliphatic carbocycles. The molecule has 8 nitrogen and oxygen atoms in total. The van der Waals surface area contributed by atoms with Crippen molar-refractivity contribution in [3.05, 3.63) is 12.8 Å². The summed E-state index contributed by atoms with van der Waals surface area (Å²) < 4.78 is 20.4.